The molecule has 0 aliphatic carbocycles. The molecule has 0 spiro atoms. The number of benzene rings is 1. The maximum atomic E-state index is 12.0. The third-order valence-electron chi connectivity index (χ3n) is 3.35. The first-order valence-corrected chi connectivity index (χ1v) is 7.65. The number of aromatic nitrogens is 4. The van der Waals surface area contributed by atoms with E-state index >= 15 is 0 Å². The first-order chi connectivity index (χ1) is 11.5. The Kier molecular flexibility index (Phi) is 5.96. The molecule has 0 aliphatic rings. The Morgan fingerprint density at radius 3 is 2.79 bits per heavy atom. The molecule has 1 heterocycles. The zero-order valence-corrected chi connectivity index (χ0v) is 13.9. The zero-order valence-electron chi connectivity index (χ0n) is 13.9. The van der Waals surface area contributed by atoms with Crippen LogP contribution in [-0.4, -0.2) is 45.1 Å². The van der Waals surface area contributed by atoms with Gasteiger partial charge in [0.2, 0.25) is 5.91 Å². The second-order valence-electron chi connectivity index (χ2n) is 5.25. The van der Waals surface area contributed by atoms with E-state index in [2.05, 4.69) is 31.5 Å². The van der Waals surface area contributed by atoms with Gasteiger partial charge in [0.15, 0.2) is 5.82 Å². The molecule has 1 atom stereocenters. The lowest BCUT2D eigenvalue weighted by Crippen LogP contribution is -2.31. The summed E-state index contributed by atoms with van der Waals surface area (Å²) < 4.78 is 1.55. The fraction of sp³-hybridized carbons (Fsp3) is 0.400. The highest BCUT2D eigenvalue weighted by atomic mass is 16.2. The molecular formula is C15H21N7O2. The Labute approximate surface area is 139 Å². The van der Waals surface area contributed by atoms with E-state index in [0.29, 0.717) is 23.6 Å². The second-order valence-corrected chi connectivity index (χ2v) is 5.25. The van der Waals surface area contributed by atoms with Gasteiger partial charge in [0.05, 0.1) is 12.6 Å². The second kappa shape index (κ2) is 8.16. The maximum absolute atomic E-state index is 12.0. The molecule has 0 radical (unpaired) electrons. The van der Waals surface area contributed by atoms with Crippen molar-refractivity contribution in [3.05, 3.63) is 35.7 Å². The molecule has 2 rings (SSSR count). The molecular weight excluding hydrogens is 310 g/mol. The summed E-state index contributed by atoms with van der Waals surface area (Å²) in [6.45, 7) is 4.37. The number of carbonyl (C=O) groups excluding carboxylic acids is 2. The maximum Gasteiger partial charge on any atom is 0.251 e. The minimum absolute atomic E-state index is 0.0966. The zero-order chi connectivity index (χ0) is 17.5. The molecule has 0 saturated carbocycles. The summed E-state index contributed by atoms with van der Waals surface area (Å²) in [6, 6.07) is 6.62. The van der Waals surface area contributed by atoms with Gasteiger partial charge in [-0.05, 0) is 42.5 Å². The Bertz CT molecular complexity index is 713. The van der Waals surface area contributed by atoms with Crippen LogP contribution in [0.1, 0.15) is 36.1 Å². The number of nitrogens with one attached hydrogen (secondary N) is 3. The topological polar surface area (TPSA) is 114 Å². The van der Waals surface area contributed by atoms with E-state index in [1.54, 1.807) is 36.0 Å². The molecule has 1 aromatic heterocycles. The van der Waals surface area contributed by atoms with E-state index in [4.69, 9.17) is 0 Å². The van der Waals surface area contributed by atoms with Crippen molar-refractivity contribution >= 4 is 17.5 Å². The number of nitrogens with zero attached hydrogens (tertiary/aromatic N) is 4. The largest absolute Gasteiger partial charge is 0.352 e. The van der Waals surface area contributed by atoms with Crippen LogP contribution in [0, 0.1) is 0 Å². The average Bonchev–Trinajstić information content (AvgIpc) is 2.99. The lowest BCUT2D eigenvalue weighted by Gasteiger charge is -2.12. The molecule has 2 aromatic rings. The van der Waals surface area contributed by atoms with Crippen LogP contribution in [0.2, 0.25) is 0 Å². The molecule has 1 aromatic carbocycles. The number of hydrogen-bond donors (Lipinski definition) is 3. The van der Waals surface area contributed by atoms with Gasteiger partial charge in [-0.25, -0.2) is 4.68 Å². The number of carbonyl (C=O) groups is 2. The Morgan fingerprint density at radius 1 is 1.33 bits per heavy atom. The summed E-state index contributed by atoms with van der Waals surface area (Å²) in [4.78, 5) is 23.8. The van der Waals surface area contributed by atoms with Gasteiger partial charge in [-0.1, -0.05) is 6.07 Å². The quantitative estimate of drug-likeness (QED) is 0.670. The number of rotatable bonds is 7. The van der Waals surface area contributed by atoms with E-state index in [-0.39, 0.29) is 24.4 Å². The van der Waals surface area contributed by atoms with Crippen LogP contribution in [0.4, 0.5) is 5.69 Å². The molecule has 0 fully saturated rings. The summed E-state index contributed by atoms with van der Waals surface area (Å²) in [5.41, 5.74) is 1.07. The molecule has 128 valence electrons. The van der Waals surface area contributed by atoms with E-state index in [9.17, 15) is 9.59 Å². The van der Waals surface area contributed by atoms with Crippen LogP contribution >= 0.6 is 0 Å². The molecule has 3 N–H and O–H groups in total. The first kappa shape index (κ1) is 17.5. The minimum Gasteiger partial charge on any atom is -0.352 e. The van der Waals surface area contributed by atoms with Crippen LogP contribution in [0.25, 0.3) is 0 Å². The summed E-state index contributed by atoms with van der Waals surface area (Å²) in [5.74, 6) is 0.251. The summed E-state index contributed by atoms with van der Waals surface area (Å²) >= 11 is 0. The highest BCUT2D eigenvalue weighted by Crippen LogP contribution is 2.11. The van der Waals surface area contributed by atoms with E-state index in [0.717, 1.165) is 0 Å². The van der Waals surface area contributed by atoms with E-state index in [1.807, 2.05) is 13.8 Å². The summed E-state index contributed by atoms with van der Waals surface area (Å²) in [7, 11) is 1.74. The van der Waals surface area contributed by atoms with Crippen molar-refractivity contribution in [3.63, 3.8) is 0 Å². The lowest BCUT2D eigenvalue weighted by molar-refractivity contribution is -0.115. The van der Waals surface area contributed by atoms with Gasteiger partial charge in [0.1, 0.15) is 0 Å². The SMILES string of the molecule is CCNC(=O)c1cccc(NC(=O)CN[C@@H](C)c2nnnn2C)c1. The van der Waals surface area contributed by atoms with Crippen LogP contribution < -0.4 is 16.0 Å². The van der Waals surface area contributed by atoms with Crippen LogP contribution in [0.5, 0.6) is 0 Å². The fourth-order valence-electron chi connectivity index (χ4n) is 2.15. The molecule has 9 nitrogen and oxygen atoms in total. The number of aryl methyl sites for hydroxylation is 1. The van der Waals surface area contributed by atoms with Gasteiger partial charge in [0.25, 0.3) is 5.91 Å². The van der Waals surface area contributed by atoms with Gasteiger partial charge < -0.3 is 10.6 Å². The lowest BCUT2D eigenvalue weighted by atomic mass is 10.2. The molecule has 0 bridgehead atoms. The van der Waals surface area contributed by atoms with Crippen molar-refractivity contribution in [1.82, 2.24) is 30.8 Å². The number of hydrogen-bond acceptors (Lipinski definition) is 6. The molecule has 9 heteroatoms. The summed E-state index contributed by atoms with van der Waals surface area (Å²) in [5, 5.41) is 19.7. The Morgan fingerprint density at radius 2 is 2.12 bits per heavy atom. The van der Waals surface area contributed by atoms with Crippen molar-refractivity contribution in [1.29, 1.82) is 0 Å². The summed E-state index contributed by atoms with van der Waals surface area (Å²) in [6.07, 6.45) is 0. The smallest absolute Gasteiger partial charge is 0.251 e. The van der Waals surface area contributed by atoms with Crippen molar-refractivity contribution in [2.75, 3.05) is 18.4 Å². The van der Waals surface area contributed by atoms with E-state index in [1.165, 1.54) is 0 Å². The molecule has 0 unspecified atom stereocenters. The minimum atomic E-state index is -0.218. The predicted octanol–water partition coefficient (Wildman–Crippen LogP) is 0.249. The van der Waals surface area contributed by atoms with Crippen molar-refractivity contribution in [2.45, 2.75) is 19.9 Å². The van der Waals surface area contributed by atoms with Crippen molar-refractivity contribution in [3.8, 4) is 0 Å². The average molecular weight is 331 g/mol. The third-order valence-corrected chi connectivity index (χ3v) is 3.35. The van der Waals surface area contributed by atoms with Gasteiger partial charge in [-0.2, -0.15) is 0 Å². The van der Waals surface area contributed by atoms with Crippen LogP contribution in [0.3, 0.4) is 0 Å². The van der Waals surface area contributed by atoms with Crippen molar-refractivity contribution < 1.29 is 9.59 Å². The molecule has 2 amide bonds. The predicted molar refractivity (Wildman–Crippen MR) is 88.3 cm³/mol. The van der Waals surface area contributed by atoms with E-state index < -0.39 is 0 Å². The molecule has 0 saturated heterocycles. The van der Waals surface area contributed by atoms with Gasteiger partial charge in [-0.3, -0.25) is 14.9 Å². The van der Waals surface area contributed by atoms with Crippen LogP contribution in [-0.2, 0) is 11.8 Å². The first-order valence-electron chi connectivity index (χ1n) is 7.65. The Balaban J connectivity index is 1.89. The van der Waals surface area contributed by atoms with Gasteiger partial charge in [0, 0.05) is 24.8 Å². The normalized spacial score (nSPS) is 11.8. The molecule has 0 aliphatic heterocycles. The van der Waals surface area contributed by atoms with Crippen LogP contribution in [0.15, 0.2) is 24.3 Å². The highest BCUT2D eigenvalue weighted by molar-refractivity contribution is 5.97. The third kappa shape index (κ3) is 4.59. The monoisotopic (exact) mass is 331 g/mol. The fourth-order valence-corrected chi connectivity index (χ4v) is 2.15. The number of amides is 2. The number of anilines is 1. The van der Waals surface area contributed by atoms with Crippen molar-refractivity contribution in [2.24, 2.45) is 7.05 Å². The van der Waals surface area contributed by atoms with Gasteiger partial charge in [-0.15, -0.1) is 5.10 Å². The highest BCUT2D eigenvalue weighted by Gasteiger charge is 2.13. The standard InChI is InChI=1S/C15H21N7O2/c1-4-16-15(24)11-6-5-7-12(8-11)18-13(23)9-17-10(2)14-19-20-21-22(14)3/h5-8,10,17H,4,9H2,1-3H3,(H,16,24)(H,18,23)/t10-/m0/s1. The van der Waals surface area contributed by atoms with Gasteiger partial charge >= 0.3 is 0 Å². The molecule has 24 heavy (non-hydrogen) atoms. The number of tetrazole rings is 1. The Hall–Kier alpha value is -2.81.